The third-order valence-corrected chi connectivity index (χ3v) is 3.11. The van der Waals surface area contributed by atoms with Gasteiger partial charge in [0.25, 0.3) is 5.91 Å². The van der Waals surface area contributed by atoms with E-state index in [2.05, 4.69) is 5.32 Å². The van der Waals surface area contributed by atoms with E-state index in [1.54, 1.807) is 21.1 Å². The van der Waals surface area contributed by atoms with Crippen LogP contribution in [0.15, 0.2) is 24.3 Å². The lowest BCUT2D eigenvalue weighted by Crippen LogP contribution is -2.38. The zero-order valence-electron chi connectivity index (χ0n) is 12.6. The molecule has 0 aliphatic rings. The molecule has 110 valence electrons. The van der Waals surface area contributed by atoms with Crippen LogP contribution in [-0.4, -0.2) is 62.9 Å². The van der Waals surface area contributed by atoms with E-state index in [1.807, 2.05) is 31.3 Å². The van der Waals surface area contributed by atoms with Crippen molar-refractivity contribution in [2.24, 2.45) is 0 Å². The molecular formula is C15H23N3O2. The molecule has 0 fully saturated rings. The van der Waals surface area contributed by atoms with E-state index in [4.69, 9.17) is 0 Å². The quantitative estimate of drug-likeness (QED) is 0.829. The van der Waals surface area contributed by atoms with Gasteiger partial charge in [-0.3, -0.25) is 9.59 Å². The van der Waals surface area contributed by atoms with Gasteiger partial charge in [0.2, 0.25) is 5.91 Å². The van der Waals surface area contributed by atoms with Crippen LogP contribution < -0.4 is 5.32 Å². The van der Waals surface area contributed by atoms with Crippen molar-refractivity contribution in [1.82, 2.24) is 15.1 Å². The molecule has 1 N–H and O–H groups in total. The summed E-state index contributed by atoms with van der Waals surface area (Å²) in [4.78, 5) is 27.0. The summed E-state index contributed by atoms with van der Waals surface area (Å²) in [7, 11) is 6.90. The topological polar surface area (TPSA) is 52.7 Å². The van der Waals surface area contributed by atoms with Crippen molar-refractivity contribution in [3.05, 3.63) is 35.4 Å². The average molecular weight is 277 g/mol. The fraction of sp³-hybridized carbons (Fsp3) is 0.467. The van der Waals surface area contributed by atoms with Gasteiger partial charge in [0.15, 0.2) is 0 Å². The van der Waals surface area contributed by atoms with Gasteiger partial charge in [-0.25, -0.2) is 0 Å². The molecule has 0 aliphatic heterocycles. The SMILES string of the molecule is CNCCc1ccccc1C(=O)N(C)CC(=O)N(C)C. The second-order valence-electron chi connectivity index (χ2n) is 4.96. The first-order valence-electron chi connectivity index (χ1n) is 6.65. The number of nitrogens with zero attached hydrogens (tertiary/aromatic N) is 2. The Morgan fingerprint density at radius 1 is 1.15 bits per heavy atom. The van der Waals surface area contributed by atoms with Crippen LogP contribution in [0, 0.1) is 0 Å². The van der Waals surface area contributed by atoms with Crippen molar-refractivity contribution in [1.29, 1.82) is 0 Å². The van der Waals surface area contributed by atoms with Crippen LogP contribution in [0.3, 0.4) is 0 Å². The summed E-state index contributed by atoms with van der Waals surface area (Å²) in [6.07, 6.45) is 0.786. The van der Waals surface area contributed by atoms with Crippen LogP contribution in [-0.2, 0) is 11.2 Å². The fourth-order valence-electron chi connectivity index (χ4n) is 1.83. The summed E-state index contributed by atoms with van der Waals surface area (Å²) < 4.78 is 0. The Morgan fingerprint density at radius 2 is 1.80 bits per heavy atom. The number of amides is 2. The Kier molecular flexibility index (Phi) is 6.18. The Labute approximate surface area is 120 Å². The van der Waals surface area contributed by atoms with E-state index < -0.39 is 0 Å². The molecule has 0 aromatic heterocycles. The van der Waals surface area contributed by atoms with E-state index in [1.165, 1.54) is 9.80 Å². The maximum Gasteiger partial charge on any atom is 0.254 e. The molecule has 1 rings (SSSR count). The lowest BCUT2D eigenvalue weighted by atomic mass is 10.0. The van der Waals surface area contributed by atoms with Crippen molar-refractivity contribution < 1.29 is 9.59 Å². The molecule has 5 nitrogen and oxygen atoms in total. The monoisotopic (exact) mass is 277 g/mol. The normalized spacial score (nSPS) is 10.2. The minimum Gasteiger partial charge on any atom is -0.347 e. The van der Waals surface area contributed by atoms with E-state index in [0.29, 0.717) is 5.56 Å². The maximum absolute atomic E-state index is 12.4. The van der Waals surface area contributed by atoms with Crippen molar-refractivity contribution in [3.63, 3.8) is 0 Å². The van der Waals surface area contributed by atoms with Crippen LogP contribution in [0.5, 0.6) is 0 Å². The van der Waals surface area contributed by atoms with E-state index in [9.17, 15) is 9.59 Å². The van der Waals surface area contributed by atoms with Crippen LogP contribution >= 0.6 is 0 Å². The van der Waals surface area contributed by atoms with Crippen LogP contribution in [0.25, 0.3) is 0 Å². The molecule has 0 heterocycles. The Morgan fingerprint density at radius 3 is 2.40 bits per heavy atom. The number of hydrogen-bond acceptors (Lipinski definition) is 3. The predicted molar refractivity (Wildman–Crippen MR) is 79.7 cm³/mol. The number of carbonyl (C=O) groups is 2. The Bertz CT molecular complexity index is 472. The predicted octanol–water partition coefficient (Wildman–Crippen LogP) is 0.609. The van der Waals surface area contributed by atoms with Gasteiger partial charge in [-0.15, -0.1) is 0 Å². The van der Waals surface area contributed by atoms with Crippen LogP contribution in [0.2, 0.25) is 0 Å². The Balaban J connectivity index is 2.83. The molecule has 2 amide bonds. The number of hydrogen-bond donors (Lipinski definition) is 1. The van der Waals surface area contributed by atoms with Gasteiger partial charge in [-0.2, -0.15) is 0 Å². The molecule has 0 saturated carbocycles. The molecule has 1 aromatic carbocycles. The van der Waals surface area contributed by atoms with Gasteiger partial charge in [-0.1, -0.05) is 18.2 Å². The number of nitrogens with one attached hydrogen (secondary N) is 1. The highest BCUT2D eigenvalue weighted by Crippen LogP contribution is 2.12. The third kappa shape index (κ3) is 4.35. The highest BCUT2D eigenvalue weighted by atomic mass is 16.2. The third-order valence-electron chi connectivity index (χ3n) is 3.11. The van der Waals surface area contributed by atoms with E-state index in [-0.39, 0.29) is 18.4 Å². The van der Waals surface area contributed by atoms with Gasteiger partial charge in [-0.05, 0) is 31.6 Å². The highest BCUT2D eigenvalue weighted by Gasteiger charge is 2.18. The fourth-order valence-corrected chi connectivity index (χ4v) is 1.83. The van der Waals surface area contributed by atoms with E-state index >= 15 is 0 Å². The number of likely N-dealkylation sites (N-methyl/N-ethyl adjacent to an activating group) is 3. The first kappa shape index (κ1) is 16.2. The molecular weight excluding hydrogens is 254 g/mol. The summed E-state index contributed by atoms with van der Waals surface area (Å²) in [5.41, 5.74) is 1.66. The lowest BCUT2D eigenvalue weighted by Gasteiger charge is -2.20. The van der Waals surface area contributed by atoms with Crippen LogP contribution in [0.1, 0.15) is 15.9 Å². The van der Waals surface area contributed by atoms with E-state index in [0.717, 1.165) is 18.5 Å². The zero-order valence-corrected chi connectivity index (χ0v) is 12.6. The molecule has 0 bridgehead atoms. The average Bonchev–Trinajstić information content (AvgIpc) is 2.44. The largest absolute Gasteiger partial charge is 0.347 e. The van der Waals surface area contributed by atoms with Crippen molar-refractivity contribution in [2.45, 2.75) is 6.42 Å². The number of benzene rings is 1. The Hall–Kier alpha value is -1.88. The van der Waals surface area contributed by atoms with Gasteiger partial charge < -0.3 is 15.1 Å². The smallest absolute Gasteiger partial charge is 0.254 e. The second kappa shape index (κ2) is 7.65. The standard InChI is InChI=1S/C15H23N3O2/c1-16-10-9-12-7-5-6-8-13(12)15(20)18(4)11-14(19)17(2)3/h5-8,16H,9-11H2,1-4H3. The summed E-state index contributed by atoms with van der Waals surface area (Å²) in [6, 6.07) is 7.53. The van der Waals surface area contributed by atoms with Gasteiger partial charge in [0.05, 0.1) is 6.54 Å². The van der Waals surface area contributed by atoms with Crippen molar-refractivity contribution in [3.8, 4) is 0 Å². The minimum absolute atomic E-state index is 0.0893. The summed E-state index contributed by atoms with van der Waals surface area (Å²) in [5, 5.41) is 3.07. The number of carbonyl (C=O) groups excluding carboxylic acids is 2. The van der Waals surface area contributed by atoms with Gasteiger partial charge in [0.1, 0.15) is 0 Å². The minimum atomic E-state index is -0.119. The zero-order chi connectivity index (χ0) is 15.1. The summed E-state index contributed by atoms with van der Waals surface area (Å²) >= 11 is 0. The molecule has 1 aromatic rings. The maximum atomic E-state index is 12.4. The molecule has 5 heteroatoms. The van der Waals surface area contributed by atoms with Crippen molar-refractivity contribution in [2.75, 3.05) is 41.3 Å². The second-order valence-corrected chi connectivity index (χ2v) is 4.96. The van der Waals surface area contributed by atoms with Gasteiger partial charge in [0, 0.05) is 26.7 Å². The molecule has 0 unspecified atom stereocenters. The van der Waals surface area contributed by atoms with Crippen LogP contribution in [0.4, 0.5) is 0 Å². The summed E-state index contributed by atoms with van der Waals surface area (Å²) in [6.45, 7) is 0.900. The van der Waals surface area contributed by atoms with Gasteiger partial charge >= 0.3 is 0 Å². The molecule has 20 heavy (non-hydrogen) atoms. The molecule has 0 saturated heterocycles. The highest BCUT2D eigenvalue weighted by molar-refractivity contribution is 5.97. The summed E-state index contributed by atoms with van der Waals surface area (Å²) in [5.74, 6) is -0.208. The number of rotatable bonds is 6. The first-order valence-corrected chi connectivity index (χ1v) is 6.65. The van der Waals surface area contributed by atoms with Crippen molar-refractivity contribution >= 4 is 11.8 Å². The molecule has 0 spiro atoms. The molecule has 0 atom stereocenters. The lowest BCUT2D eigenvalue weighted by molar-refractivity contribution is -0.129. The first-order chi connectivity index (χ1) is 9.47. The molecule has 0 radical (unpaired) electrons. The molecule has 0 aliphatic carbocycles.